The van der Waals surface area contributed by atoms with Crippen LogP contribution < -0.4 is 5.56 Å². The highest BCUT2D eigenvalue weighted by atomic mass is 16.1. The summed E-state index contributed by atoms with van der Waals surface area (Å²) in [5.41, 5.74) is 4.79. The maximum Gasteiger partial charge on any atom is 0.248 e. The molecular weight excluding hydrogens is 274 g/mol. The Labute approximate surface area is 126 Å². The molecule has 0 spiro atoms. The third-order valence-electron chi connectivity index (χ3n) is 3.69. The first-order valence-corrected chi connectivity index (χ1v) is 7.03. The molecule has 106 valence electrons. The molecule has 0 atom stereocenters. The van der Waals surface area contributed by atoms with Crippen molar-refractivity contribution in [2.24, 2.45) is 0 Å². The first-order valence-electron chi connectivity index (χ1n) is 7.03. The maximum absolute atomic E-state index is 11.4. The molecule has 0 bridgehead atoms. The number of nitrogens with one attached hydrogen (secondary N) is 1. The Kier molecular flexibility index (Phi) is 2.86. The van der Waals surface area contributed by atoms with E-state index in [4.69, 9.17) is 0 Å². The molecule has 4 rings (SSSR count). The summed E-state index contributed by atoms with van der Waals surface area (Å²) in [6, 6.07) is 19.6. The van der Waals surface area contributed by atoms with Gasteiger partial charge in [0.05, 0.1) is 11.0 Å². The van der Waals surface area contributed by atoms with Crippen molar-refractivity contribution in [2.75, 3.05) is 0 Å². The van der Waals surface area contributed by atoms with Crippen molar-refractivity contribution in [3.63, 3.8) is 0 Å². The van der Waals surface area contributed by atoms with Crippen LogP contribution in [0.1, 0.15) is 0 Å². The number of pyridine rings is 1. The Morgan fingerprint density at radius 1 is 0.909 bits per heavy atom. The Balaban J connectivity index is 1.86. The molecule has 0 unspecified atom stereocenters. The second kappa shape index (κ2) is 5.00. The van der Waals surface area contributed by atoms with Gasteiger partial charge in [0.2, 0.25) is 5.56 Å². The summed E-state index contributed by atoms with van der Waals surface area (Å²) >= 11 is 0. The Hall–Kier alpha value is -3.14. The molecule has 2 aromatic carbocycles. The highest BCUT2D eigenvalue weighted by molar-refractivity contribution is 5.83. The fourth-order valence-corrected chi connectivity index (χ4v) is 2.61. The molecule has 22 heavy (non-hydrogen) atoms. The van der Waals surface area contributed by atoms with Gasteiger partial charge in [-0.3, -0.25) is 9.36 Å². The van der Waals surface area contributed by atoms with Crippen LogP contribution in [0.4, 0.5) is 0 Å². The van der Waals surface area contributed by atoms with Crippen molar-refractivity contribution in [3.8, 4) is 16.8 Å². The minimum Gasteiger partial charge on any atom is -0.329 e. The fourth-order valence-electron chi connectivity index (χ4n) is 2.61. The lowest BCUT2D eigenvalue weighted by Crippen LogP contribution is -2.01. The number of aromatic nitrogens is 3. The first kappa shape index (κ1) is 12.6. The zero-order valence-corrected chi connectivity index (χ0v) is 11.7. The van der Waals surface area contributed by atoms with E-state index in [1.165, 1.54) is 0 Å². The number of rotatable bonds is 2. The summed E-state index contributed by atoms with van der Waals surface area (Å²) in [4.78, 5) is 18.6. The van der Waals surface area contributed by atoms with E-state index in [0.717, 1.165) is 27.8 Å². The van der Waals surface area contributed by atoms with Crippen molar-refractivity contribution < 1.29 is 0 Å². The van der Waals surface area contributed by atoms with E-state index in [1.54, 1.807) is 12.3 Å². The number of hydrogen-bond acceptors (Lipinski definition) is 2. The van der Waals surface area contributed by atoms with Gasteiger partial charge >= 0.3 is 0 Å². The smallest absolute Gasteiger partial charge is 0.248 e. The molecule has 4 nitrogen and oxygen atoms in total. The summed E-state index contributed by atoms with van der Waals surface area (Å²) in [5.74, 6) is 0. The van der Waals surface area contributed by atoms with Gasteiger partial charge in [-0.05, 0) is 41.5 Å². The van der Waals surface area contributed by atoms with E-state index in [2.05, 4.69) is 14.5 Å². The fraction of sp³-hybridized carbons (Fsp3) is 0. The van der Waals surface area contributed by atoms with Gasteiger partial charge in [0.1, 0.15) is 6.33 Å². The second-order valence-electron chi connectivity index (χ2n) is 5.10. The van der Waals surface area contributed by atoms with Gasteiger partial charge < -0.3 is 4.98 Å². The van der Waals surface area contributed by atoms with Crippen molar-refractivity contribution in [2.45, 2.75) is 0 Å². The van der Waals surface area contributed by atoms with Crippen molar-refractivity contribution in [1.29, 1.82) is 0 Å². The predicted molar refractivity (Wildman–Crippen MR) is 87.1 cm³/mol. The van der Waals surface area contributed by atoms with Gasteiger partial charge in [-0.2, -0.15) is 0 Å². The molecule has 0 aliphatic rings. The Morgan fingerprint density at radius 3 is 2.55 bits per heavy atom. The molecule has 0 aliphatic carbocycles. The topological polar surface area (TPSA) is 50.7 Å². The molecule has 1 N–H and O–H groups in total. The quantitative estimate of drug-likeness (QED) is 0.614. The molecule has 2 heterocycles. The number of para-hydroxylation sites is 1. The molecule has 0 saturated heterocycles. The van der Waals surface area contributed by atoms with E-state index in [9.17, 15) is 4.79 Å². The number of benzene rings is 2. The summed E-state index contributed by atoms with van der Waals surface area (Å²) < 4.78 is 2.05. The number of H-pyrrole nitrogens is 1. The molecule has 4 heteroatoms. The number of nitrogens with zero attached hydrogens (tertiary/aromatic N) is 2. The molecule has 0 aliphatic heterocycles. The normalized spacial score (nSPS) is 10.9. The van der Waals surface area contributed by atoms with Crippen LogP contribution in [-0.2, 0) is 0 Å². The largest absolute Gasteiger partial charge is 0.329 e. The molecule has 0 fully saturated rings. The summed E-state index contributed by atoms with van der Waals surface area (Å²) in [6.45, 7) is 0. The standard InChI is InChI=1S/C18H13N3O/c22-18-11-14(8-9-19-18)13-6-7-17-16(10-13)20-12-21(17)15-4-2-1-3-5-15/h1-12H,(H,19,22). The molecule has 0 radical (unpaired) electrons. The average Bonchev–Trinajstić information content (AvgIpc) is 2.99. The van der Waals surface area contributed by atoms with Gasteiger partial charge in [-0.1, -0.05) is 24.3 Å². The van der Waals surface area contributed by atoms with Gasteiger partial charge in [0, 0.05) is 18.0 Å². The predicted octanol–water partition coefficient (Wildman–Crippen LogP) is 3.38. The van der Waals surface area contributed by atoms with E-state index < -0.39 is 0 Å². The van der Waals surface area contributed by atoms with Crippen LogP contribution in [0.2, 0.25) is 0 Å². The van der Waals surface area contributed by atoms with Crippen LogP contribution in [-0.4, -0.2) is 14.5 Å². The van der Waals surface area contributed by atoms with E-state index >= 15 is 0 Å². The van der Waals surface area contributed by atoms with Crippen LogP contribution >= 0.6 is 0 Å². The highest BCUT2D eigenvalue weighted by Crippen LogP contribution is 2.24. The first-order chi connectivity index (χ1) is 10.8. The molecular formula is C18H13N3O. The minimum absolute atomic E-state index is 0.104. The van der Waals surface area contributed by atoms with Crippen molar-refractivity contribution >= 4 is 11.0 Å². The number of imidazole rings is 1. The molecule has 4 aromatic rings. The van der Waals surface area contributed by atoms with E-state index in [-0.39, 0.29) is 5.56 Å². The lowest BCUT2D eigenvalue weighted by molar-refractivity contribution is 1.09. The monoisotopic (exact) mass is 287 g/mol. The van der Waals surface area contributed by atoms with Gasteiger partial charge in [-0.15, -0.1) is 0 Å². The number of hydrogen-bond donors (Lipinski definition) is 1. The lowest BCUT2D eigenvalue weighted by atomic mass is 10.1. The zero-order valence-electron chi connectivity index (χ0n) is 11.7. The summed E-state index contributed by atoms with van der Waals surface area (Å²) in [6.07, 6.45) is 3.48. The van der Waals surface area contributed by atoms with Crippen LogP contribution in [0.3, 0.4) is 0 Å². The summed E-state index contributed by atoms with van der Waals surface area (Å²) in [5, 5.41) is 0. The van der Waals surface area contributed by atoms with Gasteiger partial charge in [0.25, 0.3) is 0 Å². The van der Waals surface area contributed by atoms with Crippen LogP contribution in [0, 0.1) is 0 Å². The number of fused-ring (bicyclic) bond motifs is 1. The average molecular weight is 287 g/mol. The van der Waals surface area contributed by atoms with Crippen LogP contribution in [0.5, 0.6) is 0 Å². The SMILES string of the molecule is O=c1cc(-c2ccc3c(c2)ncn3-c2ccccc2)cc[nH]1. The second-order valence-corrected chi connectivity index (χ2v) is 5.10. The van der Waals surface area contributed by atoms with Gasteiger partial charge in [-0.25, -0.2) is 4.98 Å². The minimum atomic E-state index is -0.104. The van der Waals surface area contributed by atoms with Crippen molar-refractivity contribution in [1.82, 2.24) is 14.5 Å². The molecule has 0 saturated carbocycles. The van der Waals surface area contributed by atoms with E-state index in [1.807, 2.05) is 60.9 Å². The highest BCUT2D eigenvalue weighted by Gasteiger charge is 2.06. The third kappa shape index (κ3) is 2.11. The van der Waals surface area contributed by atoms with Gasteiger partial charge in [0.15, 0.2) is 0 Å². The van der Waals surface area contributed by atoms with Crippen LogP contribution in [0.25, 0.3) is 27.8 Å². The van der Waals surface area contributed by atoms with E-state index in [0.29, 0.717) is 0 Å². The van der Waals surface area contributed by atoms with Crippen molar-refractivity contribution in [3.05, 3.63) is 83.5 Å². The Morgan fingerprint density at radius 2 is 1.73 bits per heavy atom. The Bertz CT molecular complexity index is 999. The molecule has 2 aromatic heterocycles. The number of aromatic amines is 1. The zero-order chi connectivity index (χ0) is 14.9. The summed E-state index contributed by atoms with van der Waals surface area (Å²) in [7, 11) is 0. The maximum atomic E-state index is 11.4. The third-order valence-corrected chi connectivity index (χ3v) is 3.69. The van der Waals surface area contributed by atoms with Crippen LogP contribution in [0.15, 0.2) is 78.0 Å². The molecule has 0 amide bonds. The lowest BCUT2D eigenvalue weighted by Gasteiger charge is -2.05.